The van der Waals surface area contributed by atoms with Crippen molar-refractivity contribution < 1.29 is 4.79 Å². The van der Waals surface area contributed by atoms with Crippen LogP contribution in [-0.2, 0) is 4.79 Å². The van der Waals surface area contributed by atoms with Crippen molar-refractivity contribution >= 4 is 5.91 Å². The van der Waals surface area contributed by atoms with E-state index in [1.807, 2.05) is 6.92 Å². The largest absolute Gasteiger partial charge is 0.353 e. The fourth-order valence-corrected chi connectivity index (χ4v) is 1.46. The third-order valence-electron chi connectivity index (χ3n) is 2.66. The van der Waals surface area contributed by atoms with Crippen LogP contribution in [-0.4, -0.2) is 43.0 Å². The summed E-state index contributed by atoms with van der Waals surface area (Å²) >= 11 is 0. The van der Waals surface area contributed by atoms with Crippen molar-refractivity contribution in [3.63, 3.8) is 0 Å². The van der Waals surface area contributed by atoms with Gasteiger partial charge in [-0.2, -0.15) is 0 Å². The first-order valence-corrected chi connectivity index (χ1v) is 6.35. The van der Waals surface area contributed by atoms with Crippen LogP contribution in [0.3, 0.4) is 0 Å². The van der Waals surface area contributed by atoms with Gasteiger partial charge in [0.05, 0.1) is 6.54 Å². The van der Waals surface area contributed by atoms with E-state index in [0.717, 1.165) is 32.4 Å². The van der Waals surface area contributed by atoms with Gasteiger partial charge in [-0.25, -0.2) is 0 Å². The molecule has 1 unspecified atom stereocenters. The number of nitrogens with two attached hydrogens (primary N) is 1. The highest BCUT2D eigenvalue weighted by atomic mass is 16.2. The van der Waals surface area contributed by atoms with Gasteiger partial charge in [-0.1, -0.05) is 20.3 Å². The Hall–Kier alpha value is -0.610. The minimum Gasteiger partial charge on any atom is -0.353 e. The monoisotopic (exact) mass is 229 g/mol. The molecule has 0 fully saturated rings. The lowest BCUT2D eigenvalue weighted by Gasteiger charge is -2.21. The highest BCUT2D eigenvalue weighted by Crippen LogP contribution is 1.95. The Labute approximate surface area is 99.6 Å². The third kappa shape index (κ3) is 7.65. The van der Waals surface area contributed by atoms with Gasteiger partial charge >= 0.3 is 0 Å². The zero-order chi connectivity index (χ0) is 12.4. The van der Waals surface area contributed by atoms with Crippen molar-refractivity contribution in [1.29, 1.82) is 0 Å². The fourth-order valence-electron chi connectivity index (χ4n) is 1.46. The molecule has 0 aliphatic rings. The second-order valence-corrected chi connectivity index (χ2v) is 4.30. The molecule has 0 spiro atoms. The molecule has 1 amide bonds. The van der Waals surface area contributed by atoms with Crippen LogP contribution < -0.4 is 11.1 Å². The number of carbonyl (C=O) groups is 1. The summed E-state index contributed by atoms with van der Waals surface area (Å²) in [5, 5.41) is 2.97. The van der Waals surface area contributed by atoms with Gasteiger partial charge in [0, 0.05) is 19.1 Å². The fraction of sp³-hybridized carbons (Fsp3) is 0.917. The Bertz CT molecular complexity index is 185. The molecule has 0 aromatic rings. The summed E-state index contributed by atoms with van der Waals surface area (Å²) in [7, 11) is 0. The predicted octanol–water partition coefficient (Wildman–Crippen LogP) is 0.962. The average Bonchev–Trinajstić information content (AvgIpc) is 2.25. The van der Waals surface area contributed by atoms with Crippen molar-refractivity contribution in [2.24, 2.45) is 5.73 Å². The summed E-state index contributed by atoms with van der Waals surface area (Å²) in [6.07, 6.45) is 3.24. The molecule has 0 saturated heterocycles. The second kappa shape index (κ2) is 9.60. The molecule has 0 rings (SSSR count). The maximum atomic E-state index is 11.7. The maximum Gasteiger partial charge on any atom is 0.234 e. The summed E-state index contributed by atoms with van der Waals surface area (Å²) in [5.74, 6) is 0.110. The topological polar surface area (TPSA) is 58.4 Å². The Morgan fingerprint density at radius 1 is 1.38 bits per heavy atom. The summed E-state index contributed by atoms with van der Waals surface area (Å²) in [4.78, 5) is 13.8. The van der Waals surface area contributed by atoms with Crippen LogP contribution in [0.25, 0.3) is 0 Å². The molecule has 16 heavy (non-hydrogen) atoms. The summed E-state index contributed by atoms with van der Waals surface area (Å²) < 4.78 is 0. The van der Waals surface area contributed by atoms with Gasteiger partial charge in [0.15, 0.2) is 0 Å². The number of nitrogens with zero attached hydrogens (tertiary/aromatic N) is 1. The Balaban J connectivity index is 3.91. The smallest absolute Gasteiger partial charge is 0.234 e. The molecule has 0 bridgehead atoms. The van der Waals surface area contributed by atoms with Crippen LogP contribution in [0.2, 0.25) is 0 Å². The highest BCUT2D eigenvalue weighted by molar-refractivity contribution is 5.78. The first kappa shape index (κ1) is 15.4. The van der Waals surface area contributed by atoms with Gasteiger partial charge in [-0.3, -0.25) is 9.69 Å². The molecule has 0 aromatic carbocycles. The first-order chi connectivity index (χ1) is 7.63. The third-order valence-corrected chi connectivity index (χ3v) is 2.66. The van der Waals surface area contributed by atoms with Crippen LogP contribution in [0.15, 0.2) is 0 Å². The molecule has 4 nitrogen and oxygen atoms in total. The van der Waals surface area contributed by atoms with Crippen molar-refractivity contribution in [2.75, 3.05) is 26.2 Å². The van der Waals surface area contributed by atoms with E-state index in [0.29, 0.717) is 13.1 Å². The van der Waals surface area contributed by atoms with Crippen LogP contribution in [0.4, 0.5) is 0 Å². The molecule has 0 aliphatic heterocycles. The minimum absolute atomic E-state index is 0.110. The lowest BCUT2D eigenvalue weighted by Crippen LogP contribution is -2.42. The van der Waals surface area contributed by atoms with E-state index in [1.165, 1.54) is 0 Å². The summed E-state index contributed by atoms with van der Waals surface area (Å²) in [6, 6.07) is 0.262. The lowest BCUT2D eigenvalue weighted by atomic mass is 10.2. The molecule has 3 N–H and O–H groups in total. The number of rotatable bonds is 9. The van der Waals surface area contributed by atoms with E-state index in [-0.39, 0.29) is 11.9 Å². The van der Waals surface area contributed by atoms with E-state index in [2.05, 4.69) is 24.1 Å². The minimum atomic E-state index is 0.110. The molecule has 0 aliphatic carbocycles. The Kier molecular flexibility index (Phi) is 9.24. The van der Waals surface area contributed by atoms with E-state index in [9.17, 15) is 4.79 Å². The van der Waals surface area contributed by atoms with Crippen molar-refractivity contribution in [2.45, 2.75) is 46.1 Å². The zero-order valence-electron chi connectivity index (χ0n) is 11.0. The lowest BCUT2D eigenvalue weighted by molar-refractivity contribution is -0.122. The van der Waals surface area contributed by atoms with E-state index in [4.69, 9.17) is 5.73 Å². The van der Waals surface area contributed by atoms with Crippen LogP contribution in [0, 0.1) is 0 Å². The number of hydrogen-bond acceptors (Lipinski definition) is 3. The molecule has 4 heteroatoms. The predicted molar refractivity (Wildman–Crippen MR) is 68.3 cm³/mol. The highest BCUT2D eigenvalue weighted by Gasteiger charge is 2.10. The summed E-state index contributed by atoms with van der Waals surface area (Å²) in [5.41, 5.74) is 5.53. The maximum absolute atomic E-state index is 11.7. The van der Waals surface area contributed by atoms with Gasteiger partial charge in [0.1, 0.15) is 0 Å². The van der Waals surface area contributed by atoms with Gasteiger partial charge in [-0.15, -0.1) is 0 Å². The SMILES string of the molecule is CCCCN(CCN)CC(=O)NC(C)CC. The van der Waals surface area contributed by atoms with Crippen molar-refractivity contribution in [1.82, 2.24) is 10.2 Å². The summed E-state index contributed by atoms with van der Waals surface area (Å²) in [6.45, 7) is 9.09. The Morgan fingerprint density at radius 2 is 2.06 bits per heavy atom. The van der Waals surface area contributed by atoms with Gasteiger partial charge in [-0.05, 0) is 26.3 Å². The van der Waals surface area contributed by atoms with E-state index >= 15 is 0 Å². The number of amides is 1. The molecule has 0 heterocycles. The van der Waals surface area contributed by atoms with Gasteiger partial charge in [0.25, 0.3) is 0 Å². The molecule has 96 valence electrons. The molecular formula is C12H27N3O. The number of carbonyl (C=O) groups excluding carboxylic acids is 1. The standard InChI is InChI=1S/C12H27N3O/c1-4-6-8-15(9-7-13)10-12(16)14-11(3)5-2/h11H,4-10,13H2,1-3H3,(H,14,16). The average molecular weight is 229 g/mol. The normalized spacial score (nSPS) is 12.8. The zero-order valence-corrected chi connectivity index (χ0v) is 11.0. The molecule has 0 saturated carbocycles. The number of nitrogens with one attached hydrogen (secondary N) is 1. The number of hydrogen-bond donors (Lipinski definition) is 2. The molecule has 0 aromatic heterocycles. The van der Waals surface area contributed by atoms with Gasteiger partial charge in [0.2, 0.25) is 5.91 Å². The van der Waals surface area contributed by atoms with E-state index in [1.54, 1.807) is 0 Å². The molecule has 1 atom stereocenters. The van der Waals surface area contributed by atoms with Gasteiger partial charge < -0.3 is 11.1 Å². The Morgan fingerprint density at radius 3 is 2.56 bits per heavy atom. The van der Waals surface area contributed by atoms with E-state index < -0.39 is 0 Å². The quantitative estimate of drug-likeness (QED) is 0.619. The number of unbranched alkanes of at least 4 members (excludes halogenated alkanes) is 1. The van der Waals surface area contributed by atoms with Crippen molar-refractivity contribution in [3.8, 4) is 0 Å². The van der Waals surface area contributed by atoms with Crippen LogP contribution in [0.1, 0.15) is 40.0 Å². The first-order valence-electron chi connectivity index (χ1n) is 6.35. The van der Waals surface area contributed by atoms with Crippen molar-refractivity contribution in [3.05, 3.63) is 0 Å². The second-order valence-electron chi connectivity index (χ2n) is 4.30. The molecule has 0 radical (unpaired) electrons. The van der Waals surface area contributed by atoms with Crippen LogP contribution in [0.5, 0.6) is 0 Å². The molecular weight excluding hydrogens is 202 g/mol. The van der Waals surface area contributed by atoms with Crippen LogP contribution >= 0.6 is 0 Å².